The van der Waals surface area contributed by atoms with Gasteiger partial charge < -0.3 is 5.11 Å². The Morgan fingerprint density at radius 2 is 1.64 bits per heavy atom. The van der Waals surface area contributed by atoms with E-state index in [-0.39, 0.29) is 11.3 Å². The van der Waals surface area contributed by atoms with Crippen LogP contribution in [0.25, 0.3) is 5.76 Å². The van der Waals surface area contributed by atoms with Crippen LogP contribution < -0.4 is 4.90 Å². The third kappa shape index (κ3) is 4.18. The monoisotopic (exact) mass is 515 g/mol. The topological polar surface area (TPSA) is 57.6 Å². The molecule has 0 spiro atoms. The molecule has 1 aliphatic rings. The Morgan fingerprint density at radius 1 is 0.970 bits per heavy atom. The number of aliphatic hydroxyl groups is 1. The predicted octanol–water partition coefficient (Wildman–Crippen LogP) is 6.40. The first-order chi connectivity index (χ1) is 15.6. The van der Waals surface area contributed by atoms with Crippen LogP contribution in [0.2, 0.25) is 0 Å². The van der Waals surface area contributed by atoms with Crippen molar-refractivity contribution in [3.05, 3.63) is 105 Å². The van der Waals surface area contributed by atoms with Crippen LogP contribution in [0.1, 0.15) is 28.3 Å². The first kappa shape index (κ1) is 22.8. The molecular formula is C25H17BrF3NO3. The number of Topliss-reactive ketones (excluding diaryl/α,β-unsaturated/α-hetero) is 1. The summed E-state index contributed by atoms with van der Waals surface area (Å²) in [6, 6.07) is 16.5. The third-order valence-electron chi connectivity index (χ3n) is 5.50. The van der Waals surface area contributed by atoms with Gasteiger partial charge in [-0.15, -0.1) is 0 Å². The molecule has 4 rings (SSSR count). The van der Waals surface area contributed by atoms with Gasteiger partial charge in [0.1, 0.15) is 5.76 Å². The van der Waals surface area contributed by atoms with Crippen LogP contribution in [0, 0.1) is 6.92 Å². The van der Waals surface area contributed by atoms with Crippen LogP contribution in [0.15, 0.2) is 82.8 Å². The van der Waals surface area contributed by atoms with E-state index >= 15 is 0 Å². The number of aliphatic hydroxyl groups excluding tert-OH is 1. The van der Waals surface area contributed by atoms with Gasteiger partial charge in [-0.2, -0.15) is 13.2 Å². The second-order valence-electron chi connectivity index (χ2n) is 7.58. The Kier molecular flexibility index (Phi) is 5.88. The van der Waals surface area contributed by atoms with E-state index < -0.39 is 35.2 Å². The van der Waals surface area contributed by atoms with Crippen molar-refractivity contribution < 1.29 is 27.9 Å². The number of alkyl halides is 3. The number of nitrogens with zero attached hydrogens (tertiary/aromatic N) is 1. The average molecular weight is 516 g/mol. The van der Waals surface area contributed by atoms with Crippen molar-refractivity contribution in [1.29, 1.82) is 0 Å². The SMILES string of the molecule is Cc1ccccc1C1/C(=C(\O)c2ccc(Br)cc2)C(=O)C(=O)N1c1cccc(C(F)(F)F)c1. The number of aryl methyl sites for hydroxylation is 1. The Hall–Kier alpha value is -3.39. The van der Waals surface area contributed by atoms with Gasteiger partial charge in [-0.05, 0) is 48.4 Å². The summed E-state index contributed by atoms with van der Waals surface area (Å²) in [5.41, 5.74) is 0.317. The largest absolute Gasteiger partial charge is 0.507 e. The number of carbonyl (C=O) groups excluding carboxylic acids is 2. The van der Waals surface area contributed by atoms with E-state index in [1.54, 1.807) is 55.5 Å². The van der Waals surface area contributed by atoms with E-state index in [4.69, 9.17) is 0 Å². The minimum absolute atomic E-state index is 0.0879. The second kappa shape index (κ2) is 8.51. The molecule has 3 aromatic carbocycles. The van der Waals surface area contributed by atoms with Crippen LogP contribution in [0.4, 0.5) is 18.9 Å². The Bertz CT molecular complexity index is 1280. The second-order valence-corrected chi connectivity index (χ2v) is 8.50. The normalized spacial score (nSPS) is 18.1. The maximum atomic E-state index is 13.3. The number of carbonyl (C=O) groups is 2. The molecule has 4 nitrogen and oxygen atoms in total. The molecule has 1 saturated heterocycles. The molecule has 0 aromatic heterocycles. The number of ketones is 1. The lowest BCUT2D eigenvalue weighted by Crippen LogP contribution is -2.30. The van der Waals surface area contributed by atoms with Gasteiger partial charge in [-0.25, -0.2) is 0 Å². The fourth-order valence-corrected chi connectivity index (χ4v) is 4.15. The maximum Gasteiger partial charge on any atom is 0.416 e. The Balaban J connectivity index is 1.97. The highest BCUT2D eigenvalue weighted by Crippen LogP contribution is 2.44. The lowest BCUT2D eigenvalue weighted by atomic mass is 9.92. The van der Waals surface area contributed by atoms with Crippen LogP contribution in [0.3, 0.4) is 0 Å². The van der Waals surface area contributed by atoms with Gasteiger partial charge in [-0.1, -0.05) is 58.4 Å². The van der Waals surface area contributed by atoms with E-state index in [0.29, 0.717) is 16.7 Å². The van der Waals surface area contributed by atoms with E-state index in [0.717, 1.165) is 21.5 Å². The highest BCUT2D eigenvalue weighted by Gasteiger charge is 2.47. The quantitative estimate of drug-likeness (QED) is 0.249. The van der Waals surface area contributed by atoms with E-state index in [9.17, 15) is 27.9 Å². The molecular weight excluding hydrogens is 499 g/mol. The number of anilines is 1. The van der Waals surface area contributed by atoms with E-state index in [1.807, 2.05) is 0 Å². The van der Waals surface area contributed by atoms with Crippen LogP contribution in [-0.4, -0.2) is 16.8 Å². The lowest BCUT2D eigenvalue weighted by Gasteiger charge is -2.27. The zero-order valence-corrected chi connectivity index (χ0v) is 18.8. The summed E-state index contributed by atoms with van der Waals surface area (Å²) in [6.45, 7) is 1.77. The number of hydrogen-bond donors (Lipinski definition) is 1. The maximum absolute atomic E-state index is 13.3. The summed E-state index contributed by atoms with van der Waals surface area (Å²) in [6.07, 6.45) is -4.63. The molecule has 1 N–H and O–H groups in total. The highest BCUT2D eigenvalue weighted by atomic mass is 79.9. The number of halogens is 4. The molecule has 0 bridgehead atoms. The van der Waals surface area contributed by atoms with Crippen molar-refractivity contribution in [3.63, 3.8) is 0 Å². The van der Waals surface area contributed by atoms with Crippen molar-refractivity contribution in [2.75, 3.05) is 4.90 Å². The standard InChI is InChI=1S/C25H17BrF3NO3/c1-14-5-2-3-8-19(14)21-20(22(31)15-9-11-17(26)12-10-15)23(32)24(33)30(21)18-7-4-6-16(13-18)25(27,28)29/h2-13,21,31H,1H3/b22-20+. The zero-order chi connectivity index (χ0) is 23.9. The number of hydrogen-bond acceptors (Lipinski definition) is 3. The predicted molar refractivity (Wildman–Crippen MR) is 122 cm³/mol. The minimum Gasteiger partial charge on any atom is -0.507 e. The van der Waals surface area contributed by atoms with Gasteiger partial charge in [-0.3, -0.25) is 14.5 Å². The minimum atomic E-state index is -4.63. The van der Waals surface area contributed by atoms with Crippen molar-refractivity contribution in [3.8, 4) is 0 Å². The molecule has 1 heterocycles. The summed E-state index contributed by atoms with van der Waals surface area (Å²) in [7, 11) is 0. The van der Waals surface area contributed by atoms with Gasteiger partial charge in [0.2, 0.25) is 0 Å². The Morgan fingerprint density at radius 3 is 2.27 bits per heavy atom. The molecule has 168 valence electrons. The highest BCUT2D eigenvalue weighted by molar-refractivity contribution is 9.10. The fourth-order valence-electron chi connectivity index (χ4n) is 3.88. The number of rotatable bonds is 3. The summed E-state index contributed by atoms with van der Waals surface area (Å²) >= 11 is 3.30. The van der Waals surface area contributed by atoms with Crippen LogP contribution in [0.5, 0.6) is 0 Å². The molecule has 1 atom stereocenters. The molecule has 33 heavy (non-hydrogen) atoms. The molecule has 1 amide bonds. The smallest absolute Gasteiger partial charge is 0.416 e. The third-order valence-corrected chi connectivity index (χ3v) is 6.03. The zero-order valence-electron chi connectivity index (χ0n) is 17.2. The summed E-state index contributed by atoms with van der Waals surface area (Å²) < 4.78 is 40.8. The first-order valence-electron chi connectivity index (χ1n) is 9.89. The molecule has 1 unspecified atom stereocenters. The molecule has 8 heteroatoms. The molecule has 0 radical (unpaired) electrons. The Labute approximate surface area is 196 Å². The van der Waals surface area contributed by atoms with Crippen molar-refractivity contribution in [2.45, 2.75) is 19.1 Å². The average Bonchev–Trinajstić information content (AvgIpc) is 3.04. The van der Waals surface area contributed by atoms with E-state index in [1.165, 1.54) is 12.1 Å². The van der Waals surface area contributed by atoms with Gasteiger partial charge in [0.15, 0.2) is 0 Å². The van der Waals surface area contributed by atoms with Crippen molar-refractivity contribution in [2.24, 2.45) is 0 Å². The molecule has 1 fully saturated rings. The summed E-state index contributed by atoms with van der Waals surface area (Å²) in [5.74, 6) is -2.38. The summed E-state index contributed by atoms with van der Waals surface area (Å²) in [4.78, 5) is 27.2. The van der Waals surface area contributed by atoms with Crippen molar-refractivity contribution >= 4 is 39.1 Å². The van der Waals surface area contributed by atoms with Gasteiger partial charge in [0.25, 0.3) is 11.7 Å². The fraction of sp³-hybridized carbons (Fsp3) is 0.120. The van der Waals surface area contributed by atoms with Gasteiger partial charge in [0.05, 0.1) is 17.2 Å². The molecule has 1 aliphatic heterocycles. The van der Waals surface area contributed by atoms with Crippen LogP contribution in [-0.2, 0) is 15.8 Å². The van der Waals surface area contributed by atoms with Crippen molar-refractivity contribution in [1.82, 2.24) is 0 Å². The van der Waals surface area contributed by atoms with E-state index in [2.05, 4.69) is 15.9 Å². The lowest BCUT2D eigenvalue weighted by molar-refractivity contribution is -0.137. The molecule has 0 aliphatic carbocycles. The van der Waals surface area contributed by atoms with Gasteiger partial charge >= 0.3 is 6.18 Å². The summed E-state index contributed by atoms with van der Waals surface area (Å²) in [5, 5.41) is 11.1. The molecule has 3 aromatic rings. The molecule has 0 saturated carbocycles. The van der Waals surface area contributed by atoms with Gasteiger partial charge in [0, 0.05) is 15.7 Å². The van der Waals surface area contributed by atoms with Crippen LogP contribution >= 0.6 is 15.9 Å². The first-order valence-corrected chi connectivity index (χ1v) is 10.7. The number of amides is 1. The number of benzene rings is 3.